The third-order valence-corrected chi connectivity index (χ3v) is 4.79. The molecule has 0 spiro atoms. The van der Waals surface area contributed by atoms with Gasteiger partial charge >= 0.3 is 5.97 Å². The van der Waals surface area contributed by atoms with Gasteiger partial charge in [0.15, 0.2) is 16.4 Å². The molecule has 1 aromatic carbocycles. The number of carboxylic acid groups (broad SMARTS) is 1. The maximum absolute atomic E-state index is 11.2. The first-order valence-corrected chi connectivity index (χ1v) is 7.91. The van der Waals surface area contributed by atoms with Gasteiger partial charge in [-0.1, -0.05) is 13.8 Å². The molecule has 116 valence electrons. The largest absolute Gasteiger partial charge is 0.477 e. The summed E-state index contributed by atoms with van der Waals surface area (Å²) < 4.78 is 5.79. The Balaban J connectivity index is 2.19. The SMILES string of the molecule is Cc1nc(-c2cc3cc(C(C)C)cc(C#N)c3o2)sc1C(=O)O. The van der Waals surface area contributed by atoms with Crippen LogP contribution in [0.1, 0.15) is 46.3 Å². The van der Waals surface area contributed by atoms with Gasteiger partial charge in [0.05, 0.1) is 11.3 Å². The van der Waals surface area contributed by atoms with Crippen LogP contribution in [0, 0.1) is 18.3 Å². The van der Waals surface area contributed by atoms with E-state index >= 15 is 0 Å². The van der Waals surface area contributed by atoms with E-state index in [0.717, 1.165) is 22.3 Å². The molecule has 0 saturated carbocycles. The molecule has 23 heavy (non-hydrogen) atoms. The van der Waals surface area contributed by atoms with Gasteiger partial charge < -0.3 is 9.52 Å². The number of hydrogen-bond donors (Lipinski definition) is 1. The lowest BCUT2D eigenvalue weighted by Crippen LogP contribution is -1.94. The molecule has 2 aromatic heterocycles. The minimum Gasteiger partial charge on any atom is -0.477 e. The van der Waals surface area contributed by atoms with Gasteiger partial charge in [0.2, 0.25) is 0 Å². The van der Waals surface area contributed by atoms with E-state index in [1.165, 1.54) is 0 Å². The molecule has 0 aliphatic heterocycles. The van der Waals surface area contributed by atoms with Crippen molar-refractivity contribution in [3.63, 3.8) is 0 Å². The van der Waals surface area contributed by atoms with Crippen LogP contribution >= 0.6 is 11.3 Å². The van der Waals surface area contributed by atoms with E-state index in [1.54, 1.807) is 6.92 Å². The molecule has 1 N–H and O–H groups in total. The normalized spacial score (nSPS) is 11.1. The number of benzene rings is 1. The second kappa shape index (κ2) is 5.52. The molecule has 0 radical (unpaired) electrons. The molecule has 3 rings (SSSR count). The van der Waals surface area contributed by atoms with Crippen LogP contribution in [0.3, 0.4) is 0 Å². The van der Waals surface area contributed by atoms with E-state index in [4.69, 9.17) is 9.52 Å². The summed E-state index contributed by atoms with van der Waals surface area (Å²) in [5.74, 6) is -0.217. The number of thiazole rings is 1. The third-order valence-electron chi connectivity index (χ3n) is 3.63. The lowest BCUT2D eigenvalue weighted by atomic mass is 9.99. The van der Waals surface area contributed by atoms with Crippen LogP contribution in [0.15, 0.2) is 22.6 Å². The predicted molar refractivity (Wildman–Crippen MR) is 87.8 cm³/mol. The van der Waals surface area contributed by atoms with Gasteiger partial charge in [0.1, 0.15) is 10.9 Å². The molecule has 0 fully saturated rings. The maximum Gasteiger partial charge on any atom is 0.347 e. The van der Waals surface area contributed by atoms with Crippen molar-refractivity contribution >= 4 is 28.3 Å². The van der Waals surface area contributed by atoms with Crippen LogP contribution in [-0.2, 0) is 0 Å². The van der Waals surface area contributed by atoms with Gasteiger partial charge in [-0.2, -0.15) is 5.26 Å². The van der Waals surface area contributed by atoms with Gasteiger partial charge in [-0.05, 0) is 36.6 Å². The van der Waals surface area contributed by atoms with E-state index in [9.17, 15) is 10.1 Å². The molecular weight excluding hydrogens is 312 g/mol. The smallest absolute Gasteiger partial charge is 0.347 e. The Labute approximate surface area is 136 Å². The lowest BCUT2D eigenvalue weighted by molar-refractivity contribution is 0.0701. The number of nitrogens with zero attached hydrogens (tertiary/aromatic N) is 2. The highest BCUT2D eigenvalue weighted by molar-refractivity contribution is 7.16. The predicted octanol–water partition coefficient (Wildman–Crippen LogP) is 4.56. The Bertz CT molecular complexity index is 960. The van der Waals surface area contributed by atoms with Crippen molar-refractivity contribution in [2.75, 3.05) is 0 Å². The number of carbonyl (C=O) groups is 1. The van der Waals surface area contributed by atoms with E-state index in [1.807, 2.05) is 18.2 Å². The molecule has 6 heteroatoms. The van der Waals surface area contributed by atoms with Crippen molar-refractivity contribution in [1.82, 2.24) is 4.98 Å². The molecule has 0 atom stereocenters. The summed E-state index contributed by atoms with van der Waals surface area (Å²) in [6, 6.07) is 7.79. The van der Waals surface area contributed by atoms with Crippen LogP contribution in [0.2, 0.25) is 0 Å². The van der Waals surface area contributed by atoms with E-state index < -0.39 is 5.97 Å². The Morgan fingerprint density at radius 3 is 2.70 bits per heavy atom. The molecule has 0 bridgehead atoms. The van der Waals surface area contributed by atoms with Crippen molar-refractivity contribution < 1.29 is 14.3 Å². The van der Waals surface area contributed by atoms with Crippen LogP contribution in [0.4, 0.5) is 0 Å². The van der Waals surface area contributed by atoms with Crippen LogP contribution < -0.4 is 0 Å². The number of aromatic carboxylic acids is 1. The Morgan fingerprint density at radius 1 is 1.39 bits per heavy atom. The fourth-order valence-electron chi connectivity index (χ4n) is 2.40. The summed E-state index contributed by atoms with van der Waals surface area (Å²) in [4.78, 5) is 15.6. The number of furan rings is 1. The standard InChI is InChI=1S/C17H14N2O3S/c1-8(2)10-4-11-6-13(22-14(11)12(5-10)7-18)16-19-9(3)15(23-16)17(20)21/h4-6,8H,1-3H3,(H,20,21). The third kappa shape index (κ3) is 2.60. The molecule has 2 heterocycles. The molecule has 0 unspecified atom stereocenters. The van der Waals surface area contributed by atoms with Crippen molar-refractivity contribution in [3.8, 4) is 16.8 Å². The average molecular weight is 326 g/mol. The average Bonchev–Trinajstić information content (AvgIpc) is 3.08. The Kier molecular flexibility index (Phi) is 3.66. The quantitative estimate of drug-likeness (QED) is 0.762. The fourth-order valence-corrected chi connectivity index (χ4v) is 3.26. The zero-order valence-electron chi connectivity index (χ0n) is 12.9. The highest BCUT2D eigenvalue weighted by atomic mass is 32.1. The minimum absolute atomic E-state index is 0.198. The van der Waals surface area contributed by atoms with Gasteiger partial charge in [-0.3, -0.25) is 0 Å². The number of aryl methyl sites for hydroxylation is 1. The van der Waals surface area contributed by atoms with Crippen molar-refractivity contribution in [3.05, 3.63) is 39.9 Å². The number of nitriles is 1. The number of rotatable bonds is 3. The van der Waals surface area contributed by atoms with Crippen LogP contribution in [-0.4, -0.2) is 16.1 Å². The summed E-state index contributed by atoms with van der Waals surface area (Å²) in [5, 5.41) is 19.8. The first-order chi connectivity index (χ1) is 10.9. The molecule has 0 aliphatic rings. The first-order valence-electron chi connectivity index (χ1n) is 7.09. The minimum atomic E-state index is -0.998. The summed E-state index contributed by atoms with van der Waals surface area (Å²) >= 11 is 1.07. The maximum atomic E-state index is 11.2. The van der Waals surface area contributed by atoms with Crippen LogP contribution in [0.5, 0.6) is 0 Å². The summed E-state index contributed by atoms with van der Waals surface area (Å²) in [6.45, 7) is 5.78. The highest BCUT2D eigenvalue weighted by Gasteiger charge is 2.19. The lowest BCUT2D eigenvalue weighted by Gasteiger charge is -2.05. The van der Waals surface area contributed by atoms with Gasteiger partial charge in [0, 0.05) is 5.39 Å². The number of aromatic nitrogens is 1. The molecule has 3 aromatic rings. The van der Waals surface area contributed by atoms with E-state index in [2.05, 4.69) is 24.9 Å². The van der Waals surface area contributed by atoms with Crippen molar-refractivity contribution in [2.45, 2.75) is 26.7 Å². The summed E-state index contributed by atoms with van der Waals surface area (Å²) in [6.07, 6.45) is 0. The number of carboxylic acids is 1. The van der Waals surface area contributed by atoms with Crippen molar-refractivity contribution in [1.29, 1.82) is 5.26 Å². The fraction of sp³-hybridized carbons (Fsp3) is 0.235. The molecule has 0 saturated heterocycles. The topological polar surface area (TPSA) is 87.1 Å². The second-order valence-electron chi connectivity index (χ2n) is 5.60. The van der Waals surface area contributed by atoms with Gasteiger partial charge in [-0.25, -0.2) is 9.78 Å². The molecule has 0 aliphatic carbocycles. The summed E-state index contributed by atoms with van der Waals surface area (Å²) in [7, 11) is 0. The Morgan fingerprint density at radius 2 is 2.13 bits per heavy atom. The van der Waals surface area contributed by atoms with Gasteiger partial charge in [-0.15, -0.1) is 11.3 Å². The second-order valence-corrected chi connectivity index (χ2v) is 6.60. The zero-order valence-corrected chi connectivity index (χ0v) is 13.7. The zero-order chi connectivity index (χ0) is 16.7. The Hall–Kier alpha value is -2.65. The van der Waals surface area contributed by atoms with E-state index in [0.29, 0.717) is 33.5 Å². The molecular formula is C17H14N2O3S. The number of hydrogen-bond acceptors (Lipinski definition) is 5. The monoisotopic (exact) mass is 326 g/mol. The number of fused-ring (bicyclic) bond motifs is 1. The highest BCUT2D eigenvalue weighted by Crippen LogP contribution is 2.35. The van der Waals surface area contributed by atoms with E-state index in [-0.39, 0.29) is 4.88 Å². The first kappa shape index (κ1) is 15.3. The van der Waals surface area contributed by atoms with Crippen LogP contribution in [0.25, 0.3) is 21.7 Å². The summed E-state index contributed by atoms with van der Waals surface area (Å²) in [5.41, 5.74) is 2.50. The van der Waals surface area contributed by atoms with Crippen molar-refractivity contribution in [2.24, 2.45) is 0 Å². The van der Waals surface area contributed by atoms with Gasteiger partial charge in [0.25, 0.3) is 0 Å². The molecule has 0 amide bonds. The molecule has 5 nitrogen and oxygen atoms in total.